The van der Waals surface area contributed by atoms with E-state index in [0.29, 0.717) is 5.69 Å². The van der Waals surface area contributed by atoms with E-state index in [9.17, 15) is 21.6 Å². The Kier molecular flexibility index (Phi) is 4.94. The second-order valence-electron chi connectivity index (χ2n) is 4.89. The van der Waals surface area contributed by atoms with E-state index in [1.807, 2.05) is 0 Å². The van der Waals surface area contributed by atoms with Crippen LogP contribution in [0.3, 0.4) is 0 Å². The van der Waals surface area contributed by atoms with Crippen molar-refractivity contribution in [1.82, 2.24) is 14.5 Å². The number of halogens is 3. The third kappa shape index (κ3) is 4.55. The SMILES string of the molecule is CN(C)S(=O)(=O)Nc1ccc(Nc2ccc(C(F)(F)F)cc2)nn1. The van der Waals surface area contributed by atoms with E-state index in [2.05, 4.69) is 20.2 Å². The Balaban J connectivity index is 2.07. The van der Waals surface area contributed by atoms with Crippen LogP contribution in [-0.4, -0.2) is 37.0 Å². The standard InChI is InChI=1S/C13H14F3N5O2S/c1-21(2)24(22,23)20-12-8-7-11(18-19-12)17-10-5-3-9(4-6-10)13(14,15)16/h3-8H,1-2H3,(H,17,18)(H,19,20). The lowest BCUT2D eigenvalue weighted by atomic mass is 10.2. The van der Waals surface area contributed by atoms with Gasteiger partial charge < -0.3 is 5.32 Å². The Morgan fingerprint density at radius 1 is 0.958 bits per heavy atom. The fourth-order valence-electron chi connectivity index (χ4n) is 1.57. The molecule has 0 bridgehead atoms. The Morgan fingerprint density at radius 2 is 1.50 bits per heavy atom. The smallest absolute Gasteiger partial charge is 0.339 e. The van der Waals surface area contributed by atoms with Gasteiger partial charge >= 0.3 is 16.4 Å². The lowest BCUT2D eigenvalue weighted by molar-refractivity contribution is -0.137. The zero-order valence-electron chi connectivity index (χ0n) is 12.7. The van der Waals surface area contributed by atoms with Crippen LogP contribution in [-0.2, 0) is 16.4 Å². The molecule has 0 saturated carbocycles. The van der Waals surface area contributed by atoms with Crippen LogP contribution in [0.25, 0.3) is 0 Å². The largest absolute Gasteiger partial charge is 0.416 e. The number of anilines is 3. The minimum atomic E-state index is -4.40. The zero-order valence-corrected chi connectivity index (χ0v) is 13.5. The van der Waals surface area contributed by atoms with Crippen molar-refractivity contribution in [2.24, 2.45) is 0 Å². The van der Waals surface area contributed by atoms with Crippen LogP contribution in [0.5, 0.6) is 0 Å². The van der Waals surface area contributed by atoms with Crippen LogP contribution < -0.4 is 10.0 Å². The molecule has 0 amide bonds. The predicted octanol–water partition coefficient (Wildman–Crippen LogP) is 2.46. The first-order valence-corrected chi connectivity index (χ1v) is 8.00. The average Bonchev–Trinajstić information content (AvgIpc) is 2.48. The normalized spacial score (nSPS) is 12.2. The number of nitrogens with zero attached hydrogens (tertiary/aromatic N) is 3. The van der Waals surface area contributed by atoms with Crippen LogP contribution >= 0.6 is 0 Å². The molecule has 2 aromatic rings. The molecule has 1 aromatic heterocycles. The van der Waals surface area contributed by atoms with Crippen molar-refractivity contribution in [2.45, 2.75) is 6.18 Å². The summed E-state index contributed by atoms with van der Waals surface area (Å²) in [4.78, 5) is 0. The lowest BCUT2D eigenvalue weighted by Crippen LogP contribution is -2.29. The Bertz CT molecular complexity index is 790. The molecular weight excluding hydrogens is 347 g/mol. The molecule has 130 valence electrons. The van der Waals surface area contributed by atoms with Gasteiger partial charge in [0.25, 0.3) is 0 Å². The second kappa shape index (κ2) is 6.61. The Labute approximate surface area is 136 Å². The molecule has 0 atom stereocenters. The van der Waals surface area contributed by atoms with Gasteiger partial charge in [-0.1, -0.05) is 0 Å². The molecule has 0 aliphatic heterocycles. The molecule has 7 nitrogen and oxygen atoms in total. The third-order valence-corrected chi connectivity index (χ3v) is 4.29. The Morgan fingerprint density at radius 3 is 1.96 bits per heavy atom. The van der Waals surface area contributed by atoms with Crippen molar-refractivity contribution in [2.75, 3.05) is 24.1 Å². The van der Waals surface area contributed by atoms with Crippen LogP contribution in [0.2, 0.25) is 0 Å². The summed E-state index contributed by atoms with van der Waals surface area (Å²) < 4.78 is 63.9. The van der Waals surface area contributed by atoms with Crippen molar-refractivity contribution in [1.29, 1.82) is 0 Å². The van der Waals surface area contributed by atoms with Gasteiger partial charge in [0.1, 0.15) is 0 Å². The van der Waals surface area contributed by atoms with Gasteiger partial charge in [-0.2, -0.15) is 25.9 Å². The topological polar surface area (TPSA) is 87.2 Å². The third-order valence-electron chi connectivity index (χ3n) is 2.86. The van der Waals surface area contributed by atoms with E-state index in [1.54, 1.807) is 0 Å². The summed E-state index contributed by atoms with van der Waals surface area (Å²) in [6.07, 6.45) is -4.40. The Hall–Kier alpha value is -2.40. The summed E-state index contributed by atoms with van der Waals surface area (Å²) in [5.74, 6) is 0.268. The molecule has 0 unspecified atom stereocenters. The lowest BCUT2D eigenvalue weighted by Gasteiger charge is -2.12. The molecule has 11 heteroatoms. The van der Waals surface area contributed by atoms with Gasteiger partial charge in [0.15, 0.2) is 11.6 Å². The molecule has 0 aliphatic rings. The highest BCUT2D eigenvalue weighted by molar-refractivity contribution is 7.90. The van der Waals surface area contributed by atoms with E-state index in [1.165, 1.54) is 38.4 Å². The van der Waals surface area contributed by atoms with Crippen molar-refractivity contribution in [3.8, 4) is 0 Å². The highest BCUT2D eigenvalue weighted by Gasteiger charge is 2.29. The summed E-state index contributed by atoms with van der Waals surface area (Å²) in [6.45, 7) is 0. The maximum atomic E-state index is 12.5. The number of nitrogens with one attached hydrogen (secondary N) is 2. The van der Waals surface area contributed by atoms with Gasteiger partial charge in [0.05, 0.1) is 5.56 Å². The van der Waals surface area contributed by atoms with Crippen molar-refractivity contribution < 1.29 is 21.6 Å². The van der Waals surface area contributed by atoms with Crippen molar-refractivity contribution >= 4 is 27.5 Å². The molecule has 0 aliphatic carbocycles. The number of hydrogen-bond acceptors (Lipinski definition) is 5. The van der Waals surface area contributed by atoms with E-state index >= 15 is 0 Å². The van der Waals surface area contributed by atoms with Crippen LogP contribution in [0, 0.1) is 0 Å². The first-order chi connectivity index (χ1) is 11.1. The first-order valence-electron chi connectivity index (χ1n) is 6.56. The molecule has 1 heterocycles. The molecule has 0 saturated heterocycles. The fourth-order valence-corrected chi connectivity index (χ4v) is 2.12. The summed E-state index contributed by atoms with van der Waals surface area (Å²) in [5, 5.41) is 10.2. The van der Waals surface area contributed by atoms with E-state index in [0.717, 1.165) is 16.4 Å². The minimum Gasteiger partial charge on any atom is -0.339 e. The number of alkyl halides is 3. The van der Waals surface area contributed by atoms with Crippen LogP contribution in [0.4, 0.5) is 30.5 Å². The van der Waals surface area contributed by atoms with Gasteiger partial charge in [-0.3, -0.25) is 4.72 Å². The first kappa shape index (κ1) is 17.9. The number of hydrogen-bond donors (Lipinski definition) is 2. The van der Waals surface area contributed by atoms with Crippen molar-refractivity contribution in [3.63, 3.8) is 0 Å². The monoisotopic (exact) mass is 361 g/mol. The number of rotatable bonds is 5. The quantitative estimate of drug-likeness (QED) is 0.854. The van der Waals surface area contributed by atoms with Gasteiger partial charge in [0.2, 0.25) is 0 Å². The molecule has 0 radical (unpaired) electrons. The molecular formula is C13H14F3N5O2S. The maximum absolute atomic E-state index is 12.5. The molecule has 2 N–H and O–H groups in total. The highest BCUT2D eigenvalue weighted by Crippen LogP contribution is 2.30. The van der Waals surface area contributed by atoms with Gasteiger partial charge in [-0.25, -0.2) is 0 Å². The maximum Gasteiger partial charge on any atom is 0.416 e. The van der Waals surface area contributed by atoms with Gasteiger partial charge in [0, 0.05) is 19.8 Å². The minimum absolute atomic E-state index is 0.0154. The number of benzene rings is 1. The predicted molar refractivity (Wildman–Crippen MR) is 83.0 cm³/mol. The molecule has 24 heavy (non-hydrogen) atoms. The average molecular weight is 361 g/mol. The molecule has 0 fully saturated rings. The fraction of sp³-hybridized carbons (Fsp3) is 0.231. The van der Waals surface area contributed by atoms with Gasteiger partial charge in [-0.05, 0) is 36.4 Å². The van der Waals surface area contributed by atoms with Crippen LogP contribution in [0.15, 0.2) is 36.4 Å². The van der Waals surface area contributed by atoms with Crippen molar-refractivity contribution in [3.05, 3.63) is 42.0 Å². The molecule has 2 rings (SSSR count). The van der Waals surface area contributed by atoms with E-state index in [4.69, 9.17) is 0 Å². The van der Waals surface area contributed by atoms with E-state index in [-0.39, 0.29) is 11.6 Å². The summed E-state index contributed by atoms with van der Waals surface area (Å²) >= 11 is 0. The molecule has 0 spiro atoms. The summed E-state index contributed by atoms with van der Waals surface area (Å²) in [7, 11) is -0.973. The zero-order chi connectivity index (χ0) is 18.0. The number of aromatic nitrogens is 2. The highest BCUT2D eigenvalue weighted by atomic mass is 32.2. The summed E-state index contributed by atoms with van der Waals surface area (Å²) in [5.41, 5.74) is -0.369. The van der Waals surface area contributed by atoms with E-state index < -0.39 is 21.9 Å². The second-order valence-corrected chi connectivity index (χ2v) is 6.78. The molecule has 1 aromatic carbocycles. The van der Waals surface area contributed by atoms with Crippen LogP contribution in [0.1, 0.15) is 5.56 Å². The van der Waals surface area contributed by atoms with Gasteiger partial charge in [-0.15, -0.1) is 10.2 Å². The summed E-state index contributed by atoms with van der Waals surface area (Å²) in [6, 6.07) is 7.21.